The molecule has 3 aromatic rings. The highest BCUT2D eigenvalue weighted by Crippen LogP contribution is 2.37. The van der Waals surface area contributed by atoms with Crippen LogP contribution >= 0.6 is 11.6 Å². The second-order valence-electron chi connectivity index (χ2n) is 5.95. The molecule has 0 unspecified atom stereocenters. The molecule has 0 atom stereocenters. The maximum Gasteiger partial charge on any atom is 0.251 e. The van der Waals surface area contributed by atoms with Crippen LogP contribution in [-0.4, -0.2) is 10.9 Å². The van der Waals surface area contributed by atoms with Crippen LogP contribution in [0.5, 0.6) is 0 Å². The number of carbonyl (C=O) groups excluding carboxylic acids is 1. The Morgan fingerprint density at radius 2 is 2.00 bits per heavy atom. The van der Waals surface area contributed by atoms with Gasteiger partial charge in [-0.2, -0.15) is 4.39 Å². The number of halogens is 2. The van der Waals surface area contributed by atoms with Gasteiger partial charge < -0.3 is 5.32 Å². The number of rotatable bonds is 3. The quantitative estimate of drug-likeness (QED) is 0.556. The van der Waals surface area contributed by atoms with Crippen LogP contribution < -0.4 is 5.32 Å². The molecule has 25 heavy (non-hydrogen) atoms. The third-order valence-corrected chi connectivity index (χ3v) is 4.79. The molecule has 124 valence electrons. The third-order valence-electron chi connectivity index (χ3n) is 4.43. The zero-order valence-corrected chi connectivity index (χ0v) is 14.0. The maximum absolute atomic E-state index is 13.9. The van der Waals surface area contributed by atoms with E-state index in [2.05, 4.69) is 10.3 Å². The van der Waals surface area contributed by atoms with Crippen molar-refractivity contribution in [2.45, 2.75) is 13.0 Å². The van der Waals surface area contributed by atoms with Crippen molar-refractivity contribution >= 4 is 17.5 Å². The first-order chi connectivity index (χ1) is 12.1. The second kappa shape index (κ2) is 6.30. The lowest BCUT2D eigenvalue weighted by atomic mass is 10.0. The molecule has 1 N–H and O–H groups in total. The van der Waals surface area contributed by atoms with Gasteiger partial charge in [-0.05, 0) is 46.5 Å². The summed E-state index contributed by atoms with van der Waals surface area (Å²) in [5, 5.41) is 3.49. The van der Waals surface area contributed by atoms with Gasteiger partial charge in [-0.15, -0.1) is 0 Å². The molecule has 3 nitrogen and oxygen atoms in total. The summed E-state index contributed by atoms with van der Waals surface area (Å²) >= 11 is 6.10. The molecule has 5 heteroatoms. The summed E-state index contributed by atoms with van der Waals surface area (Å²) in [5.41, 5.74) is 4.74. The predicted molar refractivity (Wildman–Crippen MR) is 95.1 cm³/mol. The zero-order chi connectivity index (χ0) is 17.4. The lowest BCUT2D eigenvalue weighted by molar-refractivity contribution is 0.0951. The summed E-state index contributed by atoms with van der Waals surface area (Å²) in [6.45, 7) is 0.356. The van der Waals surface area contributed by atoms with Gasteiger partial charge in [0.15, 0.2) is 0 Å². The number of nitrogens with zero attached hydrogens (tertiary/aromatic N) is 1. The average molecular weight is 353 g/mol. The van der Waals surface area contributed by atoms with Gasteiger partial charge in [-0.1, -0.05) is 35.9 Å². The van der Waals surface area contributed by atoms with Crippen LogP contribution in [0.15, 0.2) is 54.7 Å². The number of fused-ring (bicyclic) bond motifs is 3. The molecule has 1 aliphatic rings. The number of benzene rings is 2. The molecule has 0 bridgehead atoms. The van der Waals surface area contributed by atoms with Crippen LogP contribution in [0.2, 0.25) is 5.02 Å². The van der Waals surface area contributed by atoms with E-state index in [1.807, 2.05) is 30.3 Å². The molecule has 1 aromatic heterocycles. The Hall–Kier alpha value is -2.72. The third kappa shape index (κ3) is 2.89. The van der Waals surface area contributed by atoms with Crippen molar-refractivity contribution in [2.75, 3.05) is 0 Å². The van der Waals surface area contributed by atoms with E-state index in [0.29, 0.717) is 29.1 Å². The molecule has 4 rings (SSSR count). The Labute approximate surface area is 149 Å². The van der Waals surface area contributed by atoms with Crippen molar-refractivity contribution in [1.29, 1.82) is 0 Å². The van der Waals surface area contributed by atoms with Crippen molar-refractivity contribution in [3.63, 3.8) is 0 Å². The number of hydrogen-bond donors (Lipinski definition) is 1. The summed E-state index contributed by atoms with van der Waals surface area (Å²) in [7, 11) is 0. The SMILES string of the molecule is O=C(NCc1ccccc1Cl)c1ccc2c(c1)Cc1c-2ccnc1F. The highest BCUT2D eigenvalue weighted by Gasteiger charge is 2.23. The van der Waals surface area contributed by atoms with Crippen LogP contribution in [0.4, 0.5) is 4.39 Å². The van der Waals surface area contributed by atoms with Gasteiger partial charge in [0, 0.05) is 35.3 Å². The van der Waals surface area contributed by atoms with Crippen LogP contribution in [0.1, 0.15) is 27.0 Å². The van der Waals surface area contributed by atoms with Gasteiger partial charge in [0.25, 0.3) is 5.91 Å². The number of pyridine rings is 1. The minimum atomic E-state index is -0.446. The summed E-state index contributed by atoms with van der Waals surface area (Å²) in [5.74, 6) is -0.629. The number of amides is 1. The van der Waals surface area contributed by atoms with Crippen molar-refractivity contribution in [3.05, 3.63) is 88.0 Å². The first kappa shape index (κ1) is 15.8. The van der Waals surface area contributed by atoms with E-state index in [-0.39, 0.29) is 5.91 Å². The van der Waals surface area contributed by atoms with Gasteiger partial charge >= 0.3 is 0 Å². The molecule has 1 aliphatic carbocycles. The van der Waals surface area contributed by atoms with E-state index in [1.165, 1.54) is 6.20 Å². The normalized spacial score (nSPS) is 11.8. The van der Waals surface area contributed by atoms with E-state index in [9.17, 15) is 9.18 Å². The molecule has 0 saturated carbocycles. The average Bonchev–Trinajstić information content (AvgIpc) is 3.00. The first-order valence-corrected chi connectivity index (χ1v) is 8.29. The Kier molecular flexibility index (Phi) is 3.98. The van der Waals surface area contributed by atoms with E-state index < -0.39 is 5.95 Å². The Morgan fingerprint density at radius 3 is 2.84 bits per heavy atom. The lowest BCUT2D eigenvalue weighted by Gasteiger charge is -2.08. The number of aromatic nitrogens is 1. The lowest BCUT2D eigenvalue weighted by Crippen LogP contribution is -2.23. The van der Waals surface area contributed by atoms with Gasteiger partial charge in [0.1, 0.15) is 0 Å². The Balaban J connectivity index is 1.54. The molecule has 0 radical (unpaired) electrons. The molecule has 0 fully saturated rings. The molecule has 1 heterocycles. The van der Waals surface area contributed by atoms with Gasteiger partial charge in [-0.25, -0.2) is 4.98 Å². The zero-order valence-electron chi connectivity index (χ0n) is 13.2. The molecule has 0 spiro atoms. The fourth-order valence-corrected chi connectivity index (χ4v) is 3.34. The topological polar surface area (TPSA) is 42.0 Å². The summed E-state index contributed by atoms with van der Waals surface area (Å²) < 4.78 is 13.9. The van der Waals surface area contributed by atoms with E-state index in [4.69, 9.17) is 11.6 Å². The fourth-order valence-electron chi connectivity index (χ4n) is 3.14. The standard InChI is InChI=1S/C20H14ClFN2O/c21-18-4-2-1-3-13(18)11-24-20(25)12-5-6-15-14(9-12)10-17-16(15)7-8-23-19(17)22/h1-9H,10-11H2,(H,24,25). The highest BCUT2D eigenvalue weighted by molar-refractivity contribution is 6.31. The van der Waals surface area contributed by atoms with Gasteiger partial charge in [0.05, 0.1) is 0 Å². The van der Waals surface area contributed by atoms with E-state index in [1.54, 1.807) is 18.2 Å². The van der Waals surface area contributed by atoms with Crippen LogP contribution in [0.3, 0.4) is 0 Å². The highest BCUT2D eigenvalue weighted by atomic mass is 35.5. The van der Waals surface area contributed by atoms with Crippen molar-refractivity contribution < 1.29 is 9.18 Å². The van der Waals surface area contributed by atoms with Gasteiger partial charge in [0.2, 0.25) is 5.95 Å². The fraction of sp³-hybridized carbons (Fsp3) is 0.100. The number of carbonyl (C=O) groups is 1. The van der Waals surface area contributed by atoms with Crippen molar-refractivity contribution in [1.82, 2.24) is 10.3 Å². The van der Waals surface area contributed by atoms with Crippen LogP contribution in [-0.2, 0) is 13.0 Å². The minimum absolute atomic E-state index is 0.183. The van der Waals surface area contributed by atoms with Crippen LogP contribution in [0.25, 0.3) is 11.1 Å². The second-order valence-corrected chi connectivity index (χ2v) is 6.36. The largest absolute Gasteiger partial charge is 0.348 e. The molecule has 0 saturated heterocycles. The predicted octanol–water partition coefficient (Wildman–Crippen LogP) is 4.38. The van der Waals surface area contributed by atoms with E-state index in [0.717, 1.165) is 22.3 Å². The maximum atomic E-state index is 13.9. The van der Waals surface area contributed by atoms with E-state index >= 15 is 0 Å². The van der Waals surface area contributed by atoms with Crippen LogP contribution in [0, 0.1) is 5.95 Å². The van der Waals surface area contributed by atoms with Gasteiger partial charge in [-0.3, -0.25) is 4.79 Å². The first-order valence-electron chi connectivity index (χ1n) is 7.92. The molecule has 1 amide bonds. The molecular formula is C20H14ClFN2O. The molecule has 2 aromatic carbocycles. The summed E-state index contributed by atoms with van der Waals surface area (Å²) in [4.78, 5) is 16.1. The van der Waals surface area contributed by atoms with Crippen molar-refractivity contribution in [3.8, 4) is 11.1 Å². The molecular weight excluding hydrogens is 339 g/mol. The Bertz CT molecular complexity index is 987. The summed E-state index contributed by atoms with van der Waals surface area (Å²) in [6, 6.07) is 14.6. The number of nitrogens with one attached hydrogen (secondary N) is 1. The summed E-state index contributed by atoms with van der Waals surface area (Å²) in [6.07, 6.45) is 1.92. The number of hydrogen-bond acceptors (Lipinski definition) is 2. The monoisotopic (exact) mass is 352 g/mol. The Morgan fingerprint density at radius 1 is 1.16 bits per heavy atom. The smallest absolute Gasteiger partial charge is 0.251 e. The van der Waals surface area contributed by atoms with Crippen molar-refractivity contribution in [2.24, 2.45) is 0 Å². The minimum Gasteiger partial charge on any atom is -0.348 e. The molecule has 0 aliphatic heterocycles.